The smallest absolute Gasteiger partial charge is 0.225 e. The van der Waals surface area contributed by atoms with Crippen molar-refractivity contribution in [2.75, 3.05) is 19.0 Å². The van der Waals surface area contributed by atoms with Gasteiger partial charge in [0.25, 0.3) is 0 Å². The summed E-state index contributed by atoms with van der Waals surface area (Å²) in [5, 5.41) is 17.3. The van der Waals surface area contributed by atoms with Crippen molar-refractivity contribution >= 4 is 24.0 Å². The van der Waals surface area contributed by atoms with Crippen LogP contribution in [0.15, 0.2) is 24.5 Å². The van der Waals surface area contributed by atoms with Gasteiger partial charge in [-0.05, 0) is 48.0 Å². The maximum Gasteiger partial charge on any atom is 0.225 e. The fourth-order valence-corrected chi connectivity index (χ4v) is 2.59. The largest absolute Gasteiger partial charge is 0.494 e. The van der Waals surface area contributed by atoms with E-state index in [2.05, 4.69) is 26.2 Å². The average Bonchev–Trinajstić information content (AvgIpc) is 3.20. The molecule has 2 aromatic rings. The fraction of sp³-hybridized carbons (Fsp3) is 0.429. The first-order chi connectivity index (χ1) is 10.8. The van der Waals surface area contributed by atoms with Crippen molar-refractivity contribution in [3.63, 3.8) is 0 Å². The van der Waals surface area contributed by atoms with Crippen LogP contribution in [0, 0.1) is 0 Å². The molecule has 0 saturated carbocycles. The summed E-state index contributed by atoms with van der Waals surface area (Å²) < 4.78 is 6.79. The molecule has 2 heterocycles. The Morgan fingerprint density at radius 3 is 3.04 bits per heavy atom. The summed E-state index contributed by atoms with van der Waals surface area (Å²) in [6.45, 7) is 0.990. The Bertz CT molecular complexity index is 643. The number of tetrazole rings is 1. The van der Waals surface area contributed by atoms with Gasteiger partial charge in [0.2, 0.25) is 5.91 Å². The zero-order chi connectivity index (χ0) is 15.4. The summed E-state index contributed by atoms with van der Waals surface area (Å²) in [6, 6.07) is 5.64. The second-order valence-electron chi connectivity index (χ2n) is 5.19. The lowest BCUT2D eigenvalue weighted by atomic mass is 10.1. The van der Waals surface area contributed by atoms with Crippen LogP contribution in [-0.2, 0) is 4.79 Å². The first kappa shape index (κ1) is 17.2. The van der Waals surface area contributed by atoms with E-state index in [9.17, 15) is 4.79 Å². The standard InChI is InChI=1S/C14H18N6O2.ClH/c1-22-13-5-4-11(7-12(13)20-9-16-18-19-20)17-14(21)8-10-3-2-6-15-10;/h4-5,7,9-10,15H,2-3,6,8H2,1H3,(H,17,21);1H. The number of benzene rings is 1. The van der Waals surface area contributed by atoms with Crippen molar-refractivity contribution in [1.29, 1.82) is 0 Å². The maximum absolute atomic E-state index is 12.1. The van der Waals surface area contributed by atoms with Gasteiger partial charge in [0.05, 0.1) is 7.11 Å². The van der Waals surface area contributed by atoms with Crippen molar-refractivity contribution in [1.82, 2.24) is 25.5 Å². The molecule has 23 heavy (non-hydrogen) atoms. The number of carbonyl (C=O) groups is 1. The van der Waals surface area contributed by atoms with Crippen LogP contribution >= 0.6 is 12.4 Å². The van der Waals surface area contributed by atoms with E-state index in [-0.39, 0.29) is 24.4 Å². The van der Waals surface area contributed by atoms with Crippen LogP contribution in [0.5, 0.6) is 5.75 Å². The Hall–Kier alpha value is -2.19. The van der Waals surface area contributed by atoms with Crippen molar-refractivity contribution in [3.05, 3.63) is 24.5 Å². The van der Waals surface area contributed by atoms with Crippen LogP contribution < -0.4 is 15.4 Å². The van der Waals surface area contributed by atoms with Crippen LogP contribution in [0.4, 0.5) is 5.69 Å². The van der Waals surface area contributed by atoms with E-state index in [0.717, 1.165) is 19.4 Å². The highest BCUT2D eigenvalue weighted by Gasteiger charge is 2.18. The molecule has 1 unspecified atom stereocenters. The Morgan fingerprint density at radius 2 is 2.39 bits per heavy atom. The molecule has 1 aliphatic rings. The quantitative estimate of drug-likeness (QED) is 0.850. The third-order valence-corrected chi connectivity index (χ3v) is 3.65. The molecule has 8 nitrogen and oxygen atoms in total. The van der Waals surface area contributed by atoms with Gasteiger partial charge in [-0.1, -0.05) is 0 Å². The molecule has 1 amide bonds. The van der Waals surface area contributed by atoms with Gasteiger partial charge in [-0.2, -0.15) is 4.68 Å². The number of nitrogens with zero attached hydrogens (tertiary/aromatic N) is 4. The third kappa shape index (κ3) is 4.17. The number of nitrogens with one attached hydrogen (secondary N) is 2. The van der Waals surface area contributed by atoms with Crippen molar-refractivity contribution in [3.8, 4) is 11.4 Å². The SMILES string of the molecule is COc1ccc(NC(=O)CC2CCCN2)cc1-n1cnnn1.Cl. The number of carbonyl (C=O) groups excluding carboxylic acids is 1. The van der Waals surface area contributed by atoms with Crippen molar-refractivity contribution in [2.24, 2.45) is 0 Å². The zero-order valence-electron chi connectivity index (χ0n) is 12.7. The molecule has 0 bridgehead atoms. The van der Waals surface area contributed by atoms with Gasteiger partial charge in [-0.25, -0.2) is 0 Å². The lowest BCUT2D eigenvalue weighted by Crippen LogP contribution is -2.27. The Morgan fingerprint density at radius 1 is 1.52 bits per heavy atom. The second-order valence-corrected chi connectivity index (χ2v) is 5.19. The summed E-state index contributed by atoms with van der Waals surface area (Å²) in [6.07, 6.45) is 4.13. The highest BCUT2D eigenvalue weighted by atomic mass is 35.5. The van der Waals surface area contributed by atoms with E-state index >= 15 is 0 Å². The number of amides is 1. The molecule has 1 atom stereocenters. The molecule has 9 heteroatoms. The first-order valence-corrected chi connectivity index (χ1v) is 7.21. The molecular formula is C14H19ClN6O2. The lowest BCUT2D eigenvalue weighted by molar-refractivity contribution is -0.116. The summed E-state index contributed by atoms with van der Waals surface area (Å²) in [4.78, 5) is 12.1. The van der Waals surface area contributed by atoms with Crippen molar-refractivity contribution < 1.29 is 9.53 Å². The van der Waals surface area contributed by atoms with E-state index in [0.29, 0.717) is 23.5 Å². The molecule has 1 aliphatic heterocycles. The first-order valence-electron chi connectivity index (χ1n) is 7.21. The van der Waals surface area contributed by atoms with Crippen LogP contribution in [0.3, 0.4) is 0 Å². The average molecular weight is 339 g/mol. The topological polar surface area (TPSA) is 94.0 Å². The Balaban J connectivity index is 0.00000192. The molecule has 0 aliphatic carbocycles. The van der Waals surface area contributed by atoms with Crippen LogP contribution in [0.1, 0.15) is 19.3 Å². The van der Waals surface area contributed by atoms with Gasteiger partial charge in [0.1, 0.15) is 17.8 Å². The molecule has 1 aromatic heterocycles. The Kier molecular flexibility index (Phi) is 5.89. The summed E-state index contributed by atoms with van der Waals surface area (Å²) >= 11 is 0. The number of anilines is 1. The predicted octanol–water partition coefficient (Wildman–Crippen LogP) is 1.17. The minimum absolute atomic E-state index is 0. The van der Waals surface area contributed by atoms with Gasteiger partial charge in [-0.15, -0.1) is 17.5 Å². The highest BCUT2D eigenvalue weighted by molar-refractivity contribution is 5.91. The van der Waals surface area contributed by atoms with E-state index in [1.165, 1.54) is 11.0 Å². The lowest BCUT2D eigenvalue weighted by Gasteiger charge is -2.13. The summed E-state index contributed by atoms with van der Waals surface area (Å²) in [7, 11) is 1.58. The molecule has 1 aromatic carbocycles. The number of ether oxygens (including phenoxy) is 1. The van der Waals surface area contributed by atoms with Gasteiger partial charge < -0.3 is 15.4 Å². The normalized spacial score (nSPS) is 16.7. The molecule has 0 radical (unpaired) electrons. The number of hydrogen-bond donors (Lipinski definition) is 2. The fourth-order valence-electron chi connectivity index (χ4n) is 2.59. The minimum Gasteiger partial charge on any atom is -0.494 e. The molecule has 3 rings (SSSR count). The number of methoxy groups -OCH3 is 1. The molecule has 1 saturated heterocycles. The van der Waals surface area contributed by atoms with E-state index < -0.39 is 0 Å². The molecule has 124 valence electrons. The van der Waals surface area contributed by atoms with Gasteiger partial charge in [0, 0.05) is 18.2 Å². The second kappa shape index (κ2) is 7.89. The van der Waals surface area contributed by atoms with Crippen molar-refractivity contribution in [2.45, 2.75) is 25.3 Å². The summed E-state index contributed by atoms with van der Waals surface area (Å²) in [5.74, 6) is 0.620. The third-order valence-electron chi connectivity index (χ3n) is 3.65. The van der Waals surface area contributed by atoms with E-state index in [1.807, 2.05) is 0 Å². The molecule has 0 spiro atoms. The predicted molar refractivity (Wildman–Crippen MR) is 87.2 cm³/mol. The number of halogens is 1. The van der Waals surface area contributed by atoms with Crippen LogP contribution in [0.25, 0.3) is 5.69 Å². The van der Waals surface area contributed by atoms with Gasteiger partial charge in [-0.3, -0.25) is 4.79 Å². The van der Waals surface area contributed by atoms with Gasteiger partial charge >= 0.3 is 0 Å². The Labute approximate surface area is 140 Å². The summed E-state index contributed by atoms with van der Waals surface area (Å²) in [5.41, 5.74) is 1.36. The molecular weight excluding hydrogens is 320 g/mol. The van der Waals surface area contributed by atoms with Crippen LogP contribution in [-0.4, -0.2) is 45.8 Å². The minimum atomic E-state index is -0.00719. The zero-order valence-corrected chi connectivity index (χ0v) is 13.5. The van der Waals surface area contributed by atoms with E-state index in [4.69, 9.17) is 4.74 Å². The number of hydrogen-bond acceptors (Lipinski definition) is 6. The monoisotopic (exact) mass is 338 g/mol. The number of aromatic nitrogens is 4. The maximum atomic E-state index is 12.1. The number of rotatable bonds is 5. The molecule has 2 N–H and O–H groups in total. The molecule has 1 fully saturated rings. The van der Waals surface area contributed by atoms with E-state index in [1.54, 1.807) is 25.3 Å². The highest BCUT2D eigenvalue weighted by Crippen LogP contribution is 2.25. The van der Waals surface area contributed by atoms with Crippen LogP contribution in [0.2, 0.25) is 0 Å². The van der Waals surface area contributed by atoms with Gasteiger partial charge in [0.15, 0.2) is 0 Å².